The van der Waals surface area contributed by atoms with Gasteiger partial charge in [0.25, 0.3) is 0 Å². The van der Waals surface area contributed by atoms with Crippen molar-refractivity contribution in [2.24, 2.45) is 11.3 Å². The molecule has 0 fully saturated rings. The maximum absolute atomic E-state index is 9.99. The highest BCUT2D eigenvalue weighted by Crippen LogP contribution is 2.27. The maximum atomic E-state index is 9.99. The van der Waals surface area contributed by atoms with E-state index in [2.05, 4.69) is 39.1 Å². The van der Waals surface area contributed by atoms with E-state index in [1.807, 2.05) is 6.07 Å². The van der Waals surface area contributed by atoms with Crippen LogP contribution in [-0.4, -0.2) is 11.2 Å². The summed E-state index contributed by atoms with van der Waals surface area (Å²) in [7, 11) is 0. The zero-order valence-corrected chi connectivity index (χ0v) is 11.7. The van der Waals surface area contributed by atoms with Crippen molar-refractivity contribution in [3.8, 4) is 0 Å². The summed E-state index contributed by atoms with van der Waals surface area (Å²) in [6.07, 6.45) is 2.71. The first kappa shape index (κ1) is 13.7. The molecular weight excluding hydrogens is 216 g/mol. The smallest absolute Gasteiger partial charge is 0.0591 e. The van der Waals surface area contributed by atoms with E-state index in [4.69, 9.17) is 0 Å². The monoisotopic (exact) mass is 240 g/mol. The van der Waals surface area contributed by atoms with Crippen LogP contribution in [0, 0.1) is 11.3 Å². The van der Waals surface area contributed by atoms with Crippen molar-refractivity contribution in [3.05, 3.63) is 22.4 Å². The van der Waals surface area contributed by atoms with Crippen LogP contribution in [0.25, 0.3) is 0 Å². The van der Waals surface area contributed by atoms with Crippen molar-refractivity contribution < 1.29 is 5.11 Å². The summed E-state index contributed by atoms with van der Waals surface area (Å²) in [6, 6.07) is 4.15. The van der Waals surface area contributed by atoms with Crippen LogP contribution in [0.15, 0.2) is 17.5 Å². The molecule has 1 aromatic rings. The molecule has 0 saturated heterocycles. The Hall–Kier alpha value is -0.340. The maximum Gasteiger partial charge on any atom is 0.0591 e. The van der Waals surface area contributed by atoms with Gasteiger partial charge in [-0.15, -0.1) is 11.3 Å². The first-order valence-corrected chi connectivity index (χ1v) is 6.95. The van der Waals surface area contributed by atoms with Crippen LogP contribution in [-0.2, 0) is 6.42 Å². The average molecular weight is 240 g/mol. The van der Waals surface area contributed by atoms with Crippen molar-refractivity contribution >= 4 is 11.3 Å². The van der Waals surface area contributed by atoms with E-state index in [9.17, 15) is 5.11 Å². The second-order valence-electron chi connectivity index (χ2n) is 6.04. The van der Waals surface area contributed by atoms with Crippen molar-refractivity contribution in [1.29, 1.82) is 0 Å². The number of hydrogen-bond acceptors (Lipinski definition) is 2. The molecule has 2 atom stereocenters. The van der Waals surface area contributed by atoms with E-state index in [0.717, 1.165) is 12.8 Å². The first-order valence-electron chi connectivity index (χ1n) is 6.07. The number of aliphatic hydroxyl groups excluding tert-OH is 1. The highest BCUT2D eigenvalue weighted by atomic mass is 32.1. The minimum atomic E-state index is -0.184. The molecule has 1 N–H and O–H groups in total. The van der Waals surface area contributed by atoms with Gasteiger partial charge in [0, 0.05) is 11.3 Å². The van der Waals surface area contributed by atoms with Gasteiger partial charge in [0.05, 0.1) is 6.10 Å². The number of aliphatic hydroxyl groups is 1. The van der Waals surface area contributed by atoms with Gasteiger partial charge in [0.2, 0.25) is 0 Å². The van der Waals surface area contributed by atoms with Crippen LogP contribution in [0.5, 0.6) is 0 Å². The fourth-order valence-electron chi connectivity index (χ4n) is 2.34. The lowest BCUT2D eigenvalue weighted by molar-refractivity contribution is 0.133. The van der Waals surface area contributed by atoms with Crippen molar-refractivity contribution in [1.82, 2.24) is 0 Å². The van der Waals surface area contributed by atoms with Crippen LogP contribution >= 0.6 is 11.3 Å². The van der Waals surface area contributed by atoms with Crippen LogP contribution < -0.4 is 0 Å². The summed E-state index contributed by atoms with van der Waals surface area (Å²) in [5, 5.41) is 12.1. The molecule has 1 rings (SSSR count). The molecule has 16 heavy (non-hydrogen) atoms. The molecule has 0 bridgehead atoms. The third-order valence-electron chi connectivity index (χ3n) is 2.65. The Labute approximate surface area is 104 Å². The van der Waals surface area contributed by atoms with Crippen LogP contribution in [0.2, 0.25) is 0 Å². The zero-order valence-electron chi connectivity index (χ0n) is 10.9. The summed E-state index contributed by atoms with van der Waals surface area (Å²) in [5.41, 5.74) is 0.363. The predicted octanol–water partition coefficient (Wildman–Crippen LogP) is 4.11. The Morgan fingerprint density at radius 2 is 2.06 bits per heavy atom. The van der Waals surface area contributed by atoms with E-state index in [-0.39, 0.29) is 6.10 Å². The molecule has 0 spiro atoms. The third-order valence-corrected chi connectivity index (χ3v) is 3.55. The Morgan fingerprint density at radius 3 is 2.56 bits per heavy atom. The SMILES string of the molecule is CC(CC(O)Cc1cccs1)CC(C)(C)C. The van der Waals surface area contributed by atoms with Crippen molar-refractivity contribution in [3.63, 3.8) is 0 Å². The van der Waals surface area contributed by atoms with Gasteiger partial charge in [-0.05, 0) is 35.6 Å². The highest BCUT2D eigenvalue weighted by Gasteiger charge is 2.18. The third kappa shape index (κ3) is 5.66. The van der Waals surface area contributed by atoms with Gasteiger partial charge in [0.1, 0.15) is 0 Å². The van der Waals surface area contributed by atoms with Crippen molar-refractivity contribution in [2.45, 2.75) is 53.1 Å². The van der Waals surface area contributed by atoms with Crippen LogP contribution in [0.3, 0.4) is 0 Å². The molecule has 0 radical (unpaired) electrons. The summed E-state index contributed by atoms with van der Waals surface area (Å²) >= 11 is 1.73. The van der Waals surface area contributed by atoms with Gasteiger partial charge < -0.3 is 5.11 Å². The first-order chi connectivity index (χ1) is 7.37. The standard InChI is InChI=1S/C14H24OS/c1-11(10-14(2,3)4)8-12(15)9-13-6-5-7-16-13/h5-7,11-12,15H,8-10H2,1-4H3. The molecule has 0 aromatic carbocycles. The molecule has 92 valence electrons. The molecule has 2 heteroatoms. The van der Waals surface area contributed by atoms with Gasteiger partial charge in [-0.1, -0.05) is 33.8 Å². The predicted molar refractivity (Wildman–Crippen MR) is 71.9 cm³/mol. The molecule has 1 aromatic heterocycles. The van der Waals surface area contributed by atoms with Gasteiger partial charge in [-0.3, -0.25) is 0 Å². The second-order valence-corrected chi connectivity index (χ2v) is 7.08. The largest absolute Gasteiger partial charge is 0.393 e. The Morgan fingerprint density at radius 1 is 1.38 bits per heavy atom. The lowest BCUT2D eigenvalue weighted by Gasteiger charge is -2.24. The van der Waals surface area contributed by atoms with E-state index in [1.165, 1.54) is 11.3 Å². The molecule has 0 aliphatic rings. The van der Waals surface area contributed by atoms with Gasteiger partial charge in [0.15, 0.2) is 0 Å². The molecule has 2 unspecified atom stereocenters. The molecular formula is C14H24OS. The highest BCUT2D eigenvalue weighted by molar-refractivity contribution is 7.09. The number of thiophene rings is 1. The van der Waals surface area contributed by atoms with E-state index >= 15 is 0 Å². The molecule has 1 heterocycles. The minimum Gasteiger partial charge on any atom is -0.393 e. The molecule has 0 amide bonds. The van der Waals surface area contributed by atoms with E-state index in [0.29, 0.717) is 11.3 Å². The number of rotatable bonds is 5. The summed E-state index contributed by atoms with van der Waals surface area (Å²) in [5.74, 6) is 0.593. The van der Waals surface area contributed by atoms with Crippen LogP contribution in [0.1, 0.15) is 45.4 Å². The van der Waals surface area contributed by atoms with Gasteiger partial charge in [-0.2, -0.15) is 0 Å². The lowest BCUT2D eigenvalue weighted by atomic mass is 9.83. The fraction of sp³-hybridized carbons (Fsp3) is 0.714. The topological polar surface area (TPSA) is 20.2 Å². The Balaban J connectivity index is 2.31. The molecule has 1 nitrogen and oxygen atoms in total. The Bertz CT molecular complexity index is 284. The van der Waals surface area contributed by atoms with Crippen LogP contribution in [0.4, 0.5) is 0 Å². The molecule has 0 aliphatic heterocycles. The average Bonchev–Trinajstić information content (AvgIpc) is 2.51. The Kier molecular flexibility index (Phi) is 5.00. The zero-order chi connectivity index (χ0) is 12.2. The normalized spacial score (nSPS) is 16.1. The summed E-state index contributed by atoms with van der Waals surface area (Å²) in [4.78, 5) is 1.29. The van der Waals surface area contributed by atoms with E-state index in [1.54, 1.807) is 11.3 Å². The lowest BCUT2D eigenvalue weighted by Crippen LogP contribution is -2.18. The summed E-state index contributed by atoms with van der Waals surface area (Å²) in [6.45, 7) is 9.02. The molecule has 0 saturated carbocycles. The second kappa shape index (κ2) is 5.83. The van der Waals surface area contributed by atoms with Gasteiger partial charge in [-0.25, -0.2) is 0 Å². The fourth-order valence-corrected chi connectivity index (χ4v) is 3.12. The minimum absolute atomic E-state index is 0.184. The van der Waals surface area contributed by atoms with Gasteiger partial charge >= 0.3 is 0 Å². The summed E-state index contributed by atoms with van der Waals surface area (Å²) < 4.78 is 0. The number of hydrogen-bond donors (Lipinski definition) is 1. The molecule has 0 aliphatic carbocycles. The quantitative estimate of drug-likeness (QED) is 0.821. The van der Waals surface area contributed by atoms with E-state index < -0.39 is 0 Å². The van der Waals surface area contributed by atoms with Crippen molar-refractivity contribution in [2.75, 3.05) is 0 Å².